The number of ether oxygens (including phenoxy) is 2. The fraction of sp³-hybridized carbons (Fsp3) is 0.462. The summed E-state index contributed by atoms with van der Waals surface area (Å²) < 4.78 is 12.9. The second-order valence-corrected chi connectivity index (χ2v) is 4.40. The van der Waals surface area contributed by atoms with Gasteiger partial charge in [0.05, 0.1) is 31.6 Å². The molecule has 1 aliphatic rings. The number of hydrogen-bond donors (Lipinski definition) is 1. The van der Waals surface area contributed by atoms with Gasteiger partial charge in [-0.2, -0.15) is 0 Å². The SMILES string of the molecule is c1ccn2cc(CNCC3COCCO3)nc2c1. The van der Waals surface area contributed by atoms with Gasteiger partial charge in [-0.1, -0.05) is 6.07 Å². The largest absolute Gasteiger partial charge is 0.376 e. The highest BCUT2D eigenvalue weighted by Crippen LogP contribution is 2.04. The third-order valence-electron chi connectivity index (χ3n) is 2.98. The van der Waals surface area contributed by atoms with Crippen molar-refractivity contribution in [2.24, 2.45) is 0 Å². The van der Waals surface area contributed by atoms with Crippen molar-refractivity contribution >= 4 is 5.65 Å². The van der Waals surface area contributed by atoms with Gasteiger partial charge in [-0.25, -0.2) is 4.98 Å². The van der Waals surface area contributed by atoms with E-state index in [1.165, 1.54) is 0 Å². The topological polar surface area (TPSA) is 47.8 Å². The fourth-order valence-corrected chi connectivity index (χ4v) is 2.09. The number of imidazole rings is 1. The minimum Gasteiger partial charge on any atom is -0.376 e. The first-order valence-corrected chi connectivity index (χ1v) is 6.24. The van der Waals surface area contributed by atoms with E-state index >= 15 is 0 Å². The van der Waals surface area contributed by atoms with E-state index in [0.717, 1.165) is 24.4 Å². The molecule has 0 amide bonds. The van der Waals surface area contributed by atoms with Crippen LogP contribution in [0.2, 0.25) is 0 Å². The van der Waals surface area contributed by atoms with Crippen LogP contribution in [0.4, 0.5) is 0 Å². The normalized spacial score (nSPS) is 20.3. The van der Waals surface area contributed by atoms with Crippen LogP contribution < -0.4 is 5.32 Å². The highest BCUT2D eigenvalue weighted by Gasteiger charge is 2.13. The summed E-state index contributed by atoms with van der Waals surface area (Å²) >= 11 is 0. The maximum Gasteiger partial charge on any atom is 0.137 e. The van der Waals surface area contributed by atoms with Crippen LogP contribution in [0.1, 0.15) is 5.69 Å². The maximum absolute atomic E-state index is 5.56. The molecule has 1 fully saturated rings. The highest BCUT2D eigenvalue weighted by molar-refractivity contribution is 5.39. The van der Waals surface area contributed by atoms with Crippen LogP contribution in [0.25, 0.3) is 5.65 Å². The smallest absolute Gasteiger partial charge is 0.137 e. The molecule has 3 rings (SSSR count). The molecule has 5 nitrogen and oxygen atoms in total. The van der Waals surface area contributed by atoms with E-state index in [1.54, 1.807) is 0 Å². The molecule has 0 spiro atoms. The van der Waals surface area contributed by atoms with Gasteiger partial charge < -0.3 is 19.2 Å². The number of fused-ring (bicyclic) bond motifs is 1. The van der Waals surface area contributed by atoms with Crippen molar-refractivity contribution in [2.45, 2.75) is 12.6 Å². The van der Waals surface area contributed by atoms with Gasteiger partial charge in [-0.15, -0.1) is 0 Å². The molecule has 1 saturated heterocycles. The summed E-state index contributed by atoms with van der Waals surface area (Å²) in [7, 11) is 0. The average molecular weight is 247 g/mol. The van der Waals surface area contributed by atoms with Crippen molar-refractivity contribution in [3.8, 4) is 0 Å². The van der Waals surface area contributed by atoms with Crippen LogP contribution in [0.5, 0.6) is 0 Å². The Morgan fingerprint density at radius 1 is 1.39 bits per heavy atom. The predicted molar refractivity (Wildman–Crippen MR) is 67.5 cm³/mol. The van der Waals surface area contributed by atoms with Gasteiger partial charge in [-0.05, 0) is 12.1 Å². The third-order valence-corrected chi connectivity index (χ3v) is 2.98. The van der Waals surface area contributed by atoms with Gasteiger partial charge in [0.1, 0.15) is 5.65 Å². The number of aromatic nitrogens is 2. The van der Waals surface area contributed by atoms with Crippen LogP contribution in [-0.4, -0.2) is 41.9 Å². The van der Waals surface area contributed by atoms with Gasteiger partial charge in [0, 0.05) is 25.5 Å². The zero-order valence-electron chi connectivity index (χ0n) is 10.2. The van der Waals surface area contributed by atoms with Crippen molar-refractivity contribution in [3.63, 3.8) is 0 Å². The first kappa shape index (κ1) is 11.6. The van der Waals surface area contributed by atoms with Crippen LogP contribution in [0, 0.1) is 0 Å². The standard InChI is InChI=1S/C13H17N3O2/c1-2-4-16-9-11(15-13(16)3-1)7-14-8-12-10-17-5-6-18-12/h1-4,9,12,14H,5-8,10H2. The van der Waals surface area contributed by atoms with E-state index in [2.05, 4.69) is 10.3 Å². The molecule has 96 valence electrons. The Hall–Kier alpha value is -1.43. The minimum absolute atomic E-state index is 0.163. The van der Waals surface area contributed by atoms with E-state index in [0.29, 0.717) is 19.8 Å². The monoisotopic (exact) mass is 247 g/mol. The Bertz CT molecular complexity index is 473. The Labute approximate surface area is 106 Å². The molecule has 0 aromatic carbocycles. The minimum atomic E-state index is 0.163. The van der Waals surface area contributed by atoms with Crippen molar-refractivity contribution in [2.75, 3.05) is 26.4 Å². The molecule has 2 aromatic heterocycles. The van der Waals surface area contributed by atoms with Gasteiger partial charge in [0.2, 0.25) is 0 Å². The quantitative estimate of drug-likeness (QED) is 0.869. The number of pyridine rings is 1. The summed E-state index contributed by atoms with van der Waals surface area (Å²) in [6.45, 7) is 3.64. The summed E-state index contributed by atoms with van der Waals surface area (Å²) in [5.41, 5.74) is 2.02. The van der Waals surface area contributed by atoms with E-state index in [9.17, 15) is 0 Å². The van der Waals surface area contributed by atoms with Crippen LogP contribution >= 0.6 is 0 Å². The summed E-state index contributed by atoms with van der Waals surface area (Å²) in [5.74, 6) is 0. The molecule has 2 aromatic rings. The highest BCUT2D eigenvalue weighted by atomic mass is 16.6. The molecule has 1 aliphatic heterocycles. The lowest BCUT2D eigenvalue weighted by molar-refractivity contribution is -0.0864. The Morgan fingerprint density at radius 2 is 2.39 bits per heavy atom. The third kappa shape index (κ3) is 2.69. The summed E-state index contributed by atoms with van der Waals surface area (Å²) in [6, 6.07) is 5.99. The molecular formula is C13H17N3O2. The maximum atomic E-state index is 5.56. The Kier molecular flexibility index (Phi) is 3.54. The molecule has 1 N–H and O–H groups in total. The van der Waals surface area contributed by atoms with Crippen molar-refractivity contribution in [3.05, 3.63) is 36.3 Å². The second kappa shape index (κ2) is 5.48. The lowest BCUT2D eigenvalue weighted by Gasteiger charge is -2.22. The summed E-state index contributed by atoms with van der Waals surface area (Å²) in [6.07, 6.45) is 4.21. The molecule has 0 bridgehead atoms. The van der Waals surface area contributed by atoms with Crippen LogP contribution in [-0.2, 0) is 16.0 Å². The molecule has 3 heterocycles. The number of nitrogens with zero attached hydrogens (tertiary/aromatic N) is 2. The van der Waals surface area contributed by atoms with E-state index in [4.69, 9.17) is 9.47 Å². The number of rotatable bonds is 4. The Balaban J connectivity index is 1.53. The van der Waals surface area contributed by atoms with Crippen molar-refractivity contribution in [1.82, 2.24) is 14.7 Å². The summed E-state index contributed by atoms with van der Waals surface area (Å²) in [4.78, 5) is 4.52. The zero-order valence-corrected chi connectivity index (χ0v) is 10.2. The second-order valence-electron chi connectivity index (χ2n) is 4.40. The first-order valence-electron chi connectivity index (χ1n) is 6.24. The lowest BCUT2D eigenvalue weighted by atomic mass is 10.3. The lowest BCUT2D eigenvalue weighted by Crippen LogP contribution is -2.37. The van der Waals surface area contributed by atoms with E-state index < -0.39 is 0 Å². The molecule has 0 aliphatic carbocycles. The molecule has 1 atom stereocenters. The molecule has 0 saturated carbocycles. The van der Waals surface area contributed by atoms with E-state index in [1.807, 2.05) is 35.0 Å². The van der Waals surface area contributed by atoms with Gasteiger partial charge in [0.25, 0.3) is 0 Å². The van der Waals surface area contributed by atoms with Crippen LogP contribution in [0.3, 0.4) is 0 Å². The molecule has 1 unspecified atom stereocenters. The summed E-state index contributed by atoms with van der Waals surface area (Å²) in [5, 5.41) is 3.35. The fourth-order valence-electron chi connectivity index (χ4n) is 2.09. The van der Waals surface area contributed by atoms with Gasteiger partial charge >= 0.3 is 0 Å². The molecule has 0 radical (unpaired) electrons. The first-order chi connectivity index (χ1) is 8.92. The zero-order chi connectivity index (χ0) is 12.2. The molecule has 5 heteroatoms. The van der Waals surface area contributed by atoms with Crippen molar-refractivity contribution in [1.29, 1.82) is 0 Å². The Morgan fingerprint density at radius 3 is 3.22 bits per heavy atom. The number of nitrogens with one attached hydrogen (secondary N) is 1. The van der Waals surface area contributed by atoms with Crippen molar-refractivity contribution < 1.29 is 9.47 Å². The van der Waals surface area contributed by atoms with Gasteiger partial charge in [0.15, 0.2) is 0 Å². The molecule has 18 heavy (non-hydrogen) atoms. The predicted octanol–water partition coefficient (Wildman–Crippen LogP) is 0.839. The van der Waals surface area contributed by atoms with Crippen LogP contribution in [0.15, 0.2) is 30.6 Å². The van der Waals surface area contributed by atoms with E-state index in [-0.39, 0.29) is 6.10 Å². The number of hydrogen-bond acceptors (Lipinski definition) is 4. The molecular weight excluding hydrogens is 230 g/mol. The average Bonchev–Trinajstić information content (AvgIpc) is 2.82. The van der Waals surface area contributed by atoms with Gasteiger partial charge in [-0.3, -0.25) is 0 Å².